The fraction of sp³-hybridized carbons (Fsp3) is 0.154. The molecule has 0 aliphatic heterocycles. The van der Waals surface area contributed by atoms with E-state index in [1.54, 1.807) is 13.0 Å². The molecule has 7 heteroatoms. The standard InChI is InChI=1S/C13H13N3O4/c1-7-6-10(20-2)15-13(14-7)16-12(19)11-8(17)4-3-5-9(11)18/h3-6,17-18H,1-2H3,(H,14,15,16,19). The number of hydrogen-bond acceptors (Lipinski definition) is 6. The van der Waals surface area contributed by atoms with Gasteiger partial charge in [0, 0.05) is 11.8 Å². The van der Waals surface area contributed by atoms with Crippen molar-refractivity contribution in [2.45, 2.75) is 6.92 Å². The minimum absolute atomic E-state index is 0.0227. The molecule has 7 nitrogen and oxygen atoms in total. The van der Waals surface area contributed by atoms with Crippen LogP contribution in [0.2, 0.25) is 0 Å². The fourth-order valence-electron chi connectivity index (χ4n) is 1.63. The number of methoxy groups -OCH3 is 1. The third kappa shape index (κ3) is 2.77. The van der Waals surface area contributed by atoms with Crippen molar-refractivity contribution >= 4 is 11.9 Å². The molecule has 0 saturated heterocycles. The van der Waals surface area contributed by atoms with E-state index in [1.807, 2.05) is 0 Å². The average molecular weight is 275 g/mol. The van der Waals surface area contributed by atoms with Crippen molar-refractivity contribution < 1.29 is 19.7 Å². The number of amides is 1. The van der Waals surface area contributed by atoms with Crippen LogP contribution in [-0.4, -0.2) is 33.2 Å². The normalized spacial score (nSPS) is 10.1. The van der Waals surface area contributed by atoms with Gasteiger partial charge < -0.3 is 14.9 Å². The summed E-state index contributed by atoms with van der Waals surface area (Å²) in [7, 11) is 1.45. The second-order valence-electron chi connectivity index (χ2n) is 4.00. The zero-order chi connectivity index (χ0) is 14.7. The number of phenols is 2. The van der Waals surface area contributed by atoms with E-state index in [-0.39, 0.29) is 23.0 Å². The van der Waals surface area contributed by atoms with Crippen LogP contribution in [0.3, 0.4) is 0 Å². The Bertz CT molecular complexity index is 638. The molecule has 0 aliphatic carbocycles. The summed E-state index contributed by atoms with van der Waals surface area (Å²) in [6.45, 7) is 1.72. The number of aromatic nitrogens is 2. The molecule has 1 aromatic heterocycles. The van der Waals surface area contributed by atoms with Gasteiger partial charge in [-0.2, -0.15) is 4.98 Å². The van der Waals surface area contributed by atoms with E-state index in [4.69, 9.17) is 4.74 Å². The van der Waals surface area contributed by atoms with Crippen LogP contribution < -0.4 is 10.1 Å². The molecule has 1 amide bonds. The van der Waals surface area contributed by atoms with Gasteiger partial charge in [-0.15, -0.1) is 0 Å². The van der Waals surface area contributed by atoms with E-state index in [0.29, 0.717) is 11.6 Å². The molecule has 1 heterocycles. The summed E-state index contributed by atoms with van der Waals surface area (Å²) in [5.41, 5.74) is 0.366. The van der Waals surface area contributed by atoms with Crippen molar-refractivity contribution in [2.24, 2.45) is 0 Å². The summed E-state index contributed by atoms with van der Waals surface area (Å²) in [6.07, 6.45) is 0. The number of aryl methyl sites for hydroxylation is 1. The highest BCUT2D eigenvalue weighted by molar-refractivity contribution is 6.07. The topological polar surface area (TPSA) is 105 Å². The third-order valence-electron chi connectivity index (χ3n) is 2.51. The average Bonchev–Trinajstić information content (AvgIpc) is 2.37. The smallest absolute Gasteiger partial charge is 0.265 e. The Morgan fingerprint density at radius 2 is 1.90 bits per heavy atom. The van der Waals surface area contributed by atoms with Gasteiger partial charge in [0.2, 0.25) is 11.8 Å². The van der Waals surface area contributed by atoms with Gasteiger partial charge in [-0.05, 0) is 19.1 Å². The van der Waals surface area contributed by atoms with Gasteiger partial charge in [0.05, 0.1) is 7.11 Å². The molecule has 2 aromatic rings. The number of carbonyl (C=O) groups is 1. The van der Waals surface area contributed by atoms with Gasteiger partial charge >= 0.3 is 0 Å². The number of ether oxygens (including phenoxy) is 1. The monoisotopic (exact) mass is 275 g/mol. The molecule has 0 aliphatic rings. The number of carbonyl (C=O) groups excluding carboxylic acids is 1. The van der Waals surface area contributed by atoms with Gasteiger partial charge in [-0.1, -0.05) is 6.07 Å². The lowest BCUT2D eigenvalue weighted by molar-refractivity contribution is 0.102. The molecule has 1 aromatic carbocycles. The summed E-state index contributed by atoms with van der Waals surface area (Å²) < 4.78 is 4.97. The molecule has 0 bridgehead atoms. The third-order valence-corrected chi connectivity index (χ3v) is 2.51. The molecular formula is C13H13N3O4. The Balaban J connectivity index is 2.30. The molecule has 20 heavy (non-hydrogen) atoms. The number of nitrogens with one attached hydrogen (secondary N) is 1. The molecule has 0 radical (unpaired) electrons. The lowest BCUT2D eigenvalue weighted by Gasteiger charge is -2.08. The predicted molar refractivity (Wildman–Crippen MR) is 71.0 cm³/mol. The van der Waals surface area contributed by atoms with Crippen molar-refractivity contribution in [2.75, 3.05) is 12.4 Å². The van der Waals surface area contributed by atoms with E-state index in [9.17, 15) is 15.0 Å². The van der Waals surface area contributed by atoms with Crippen molar-refractivity contribution in [3.05, 3.63) is 35.5 Å². The van der Waals surface area contributed by atoms with Gasteiger partial charge in [-0.3, -0.25) is 10.1 Å². The number of nitrogens with zero attached hydrogens (tertiary/aromatic N) is 2. The van der Waals surface area contributed by atoms with E-state index >= 15 is 0 Å². The van der Waals surface area contributed by atoms with Crippen LogP contribution in [-0.2, 0) is 0 Å². The van der Waals surface area contributed by atoms with Gasteiger partial charge in [0.15, 0.2) is 0 Å². The number of rotatable bonds is 3. The first kappa shape index (κ1) is 13.6. The number of aromatic hydroxyl groups is 2. The Labute approximate surface area is 114 Å². The maximum absolute atomic E-state index is 12.0. The minimum Gasteiger partial charge on any atom is -0.507 e. The first-order valence-electron chi connectivity index (χ1n) is 5.73. The van der Waals surface area contributed by atoms with Crippen LogP contribution in [0.5, 0.6) is 17.4 Å². The highest BCUT2D eigenvalue weighted by Crippen LogP contribution is 2.26. The second kappa shape index (κ2) is 5.43. The van der Waals surface area contributed by atoms with Gasteiger partial charge in [0.25, 0.3) is 5.91 Å². The Morgan fingerprint density at radius 3 is 2.50 bits per heavy atom. The molecule has 104 valence electrons. The van der Waals surface area contributed by atoms with Gasteiger partial charge in [0.1, 0.15) is 17.1 Å². The first-order chi connectivity index (χ1) is 9.51. The maximum Gasteiger partial charge on any atom is 0.265 e. The van der Waals surface area contributed by atoms with Crippen molar-refractivity contribution in [3.8, 4) is 17.4 Å². The highest BCUT2D eigenvalue weighted by Gasteiger charge is 2.17. The largest absolute Gasteiger partial charge is 0.507 e. The minimum atomic E-state index is -0.715. The predicted octanol–water partition coefficient (Wildman–Crippen LogP) is 1.46. The highest BCUT2D eigenvalue weighted by atomic mass is 16.5. The number of phenolic OH excluding ortho intramolecular Hbond substituents is 2. The molecule has 0 unspecified atom stereocenters. The van der Waals surface area contributed by atoms with E-state index in [1.165, 1.54) is 25.3 Å². The molecule has 0 atom stereocenters. The van der Waals surface area contributed by atoms with Crippen LogP contribution in [0.15, 0.2) is 24.3 Å². The zero-order valence-corrected chi connectivity index (χ0v) is 10.9. The summed E-state index contributed by atoms with van der Waals surface area (Å²) in [4.78, 5) is 20.0. The Hall–Kier alpha value is -2.83. The maximum atomic E-state index is 12.0. The molecule has 0 saturated carbocycles. The number of hydrogen-bond donors (Lipinski definition) is 3. The summed E-state index contributed by atoms with van der Waals surface area (Å²) in [6, 6.07) is 5.62. The van der Waals surface area contributed by atoms with Crippen molar-refractivity contribution in [1.29, 1.82) is 0 Å². The van der Waals surface area contributed by atoms with Crippen LogP contribution in [0.4, 0.5) is 5.95 Å². The lowest BCUT2D eigenvalue weighted by atomic mass is 10.1. The van der Waals surface area contributed by atoms with Crippen LogP contribution in [0.1, 0.15) is 16.1 Å². The quantitative estimate of drug-likeness (QED) is 0.783. The van der Waals surface area contributed by atoms with Gasteiger partial charge in [-0.25, -0.2) is 4.98 Å². The number of anilines is 1. The second-order valence-corrected chi connectivity index (χ2v) is 4.00. The van der Waals surface area contributed by atoms with Crippen LogP contribution >= 0.6 is 0 Å². The van der Waals surface area contributed by atoms with Crippen LogP contribution in [0, 0.1) is 6.92 Å². The SMILES string of the molecule is COc1cc(C)nc(NC(=O)c2c(O)cccc2O)n1. The molecule has 2 rings (SSSR count). The Kier molecular flexibility index (Phi) is 3.69. The lowest BCUT2D eigenvalue weighted by Crippen LogP contribution is -2.15. The number of benzene rings is 1. The van der Waals surface area contributed by atoms with Crippen molar-refractivity contribution in [3.63, 3.8) is 0 Å². The summed E-state index contributed by atoms with van der Waals surface area (Å²) >= 11 is 0. The summed E-state index contributed by atoms with van der Waals surface area (Å²) in [5.74, 6) is -1.05. The molecule has 3 N–H and O–H groups in total. The fourth-order valence-corrected chi connectivity index (χ4v) is 1.63. The summed E-state index contributed by atoms with van der Waals surface area (Å²) in [5, 5.41) is 21.6. The van der Waals surface area contributed by atoms with E-state index in [2.05, 4.69) is 15.3 Å². The van der Waals surface area contributed by atoms with E-state index < -0.39 is 5.91 Å². The van der Waals surface area contributed by atoms with E-state index in [0.717, 1.165) is 0 Å². The molecular weight excluding hydrogens is 262 g/mol. The molecule has 0 fully saturated rings. The van der Waals surface area contributed by atoms with Crippen LogP contribution in [0.25, 0.3) is 0 Å². The molecule has 0 spiro atoms. The first-order valence-corrected chi connectivity index (χ1v) is 5.73. The Morgan fingerprint density at radius 1 is 1.25 bits per heavy atom. The zero-order valence-electron chi connectivity index (χ0n) is 10.9. The van der Waals surface area contributed by atoms with Crippen molar-refractivity contribution in [1.82, 2.24) is 9.97 Å².